The molecule has 0 saturated carbocycles. The van der Waals surface area contributed by atoms with Crippen LogP contribution in [0.25, 0.3) is 0 Å². The van der Waals surface area contributed by atoms with E-state index in [0.717, 1.165) is 6.07 Å². The van der Waals surface area contributed by atoms with Crippen molar-refractivity contribution in [2.75, 3.05) is 7.11 Å². The fraction of sp³-hybridized carbons (Fsp3) is 0.455. The van der Waals surface area contributed by atoms with Gasteiger partial charge in [-0.2, -0.15) is 13.2 Å². The van der Waals surface area contributed by atoms with Crippen LogP contribution in [0.2, 0.25) is 0 Å². The lowest BCUT2D eigenvalue weighted by Crippen LogP contribution is -2.14. The highest BCUT2D eigenvalue weighted by Crippen LogP contribution is 2.32. The number of alkyl halides is 3. The molecule has 1 atom stereocenters. The molecule has 1 nitrogen and oxygen atoms in total. The van der Waals surface area contributed by atoms with Gasteiger partial charge in [-0.1, -0.05) is 18.2 Å². The van der Waals surface area contributed by atoms with Crippen molar-refractivity contribution in [1.29, 1.82) is 0 Å². The molecule has 0 fully saturated rings. The summed E-state index contributed by atoms with van der Waals surface area (Å²) in [5.41, 5.74) is -0.298. The second-order valence-electron chi connectivity index (χ2n) is 3.41. The van der Waals surface area contributed by atoms with Gasteiger partial charge < -0.3 is 4.74 Å². The number of benzene rings is 1. The largest absolute Gasteiger partial charge is 0.416 e. The second-order valence-corrected chi connectivity index (χ2v) is 3.41. The van der Waals surface area contributed by atoms with Crippen molar-refractivity contribution < 1.29 is 17.9 Å². The van der Waals surface area contributed by atoms with Gasteiger partial charge in [-0.25, -0.2) is 0 Å². The third-order valence-corrected chi connectivity index (χ3v) is 2.23. The normalized spacial score (nSPS) is 13.9. The Labute approximate surface area is 86.9 Å². The highest BCUT2D eigenvalue weighted by molar-refractivity contribution is 5.30. The first-order chi connectivity index (χ1) is 6.95. The average molecular weight is 218 g/mol. The fourth-order valence-electron chi connectivity index (χ4n) is 1.37. The van der Waals surface area contributed by atoms with Crippen LogP contribution in [-0.2, 0) is 17.3 Å². The van der Waals surface area contributed by atoms with Gasteiger partial charge in [0.05, 0.1) is 11.7 Å². The first-order valence-electron chi connectivity index (χ1n) is 4.63. The molecule has 1 rings (SSSR count). The number of rotatable bonds is 3. The second kappa shape index (κ2) is 4.66. The number of ether oxygens (including phenoxy) is 1. The molecule has 0 aliphatic rings. The molecule has 84 valence electrons. The molecule has 0 N–H and O–H groups in total. The summed E-state index contributed by atoms with van der Waals surface area (Å²) in [6.45, 7) is 1.74. The molecule has 0 aliphatic heterocycles. The number of hydrogen-bond acceptors (Lipinski definition) is 1. The van der Waals surface area contributed by atoms with E-state index >= 15 is 0 Å². The van der Waals surface area contributed by atoms with E-state index in [2.05, 4.69) is 0 Å². The van der Waals surface area contributed by atoms with Crippen molar-refractivity contribution in [2.45, 2.75) is 25.6 Å². The molecule has 0 bridgehead atoms. The van der Waals surface area contributed by atoms with Crippen LogP contribution < -0.4 is 0 Å². The van der Waals surface area contributed by atoms with Gasteiger partial charge >= 0.3 is 6.18 Å². The van der Waals surface area contributed by atoms with Gasteiger partial charge in [-0.3, -0.25) is 0 Å². The fourth-order valence-corrected chi connectivity index (χ4v) is 1.37. The summed E-state index contributed by atoms with van der Waals surface area (Å²) in [5.74, 6) is 0. The maximum absolute atomic E-state index is 12.6. The first kappa shape index (κ1) is 12.0. The van der Waals surface area contributed by atoms with Crippen LogP contribution in [0.3, 0.4) is 0 Å². The predicted molar refractivity (Wildman–Crippen MR) is 51.6 cm³/mol. The van der Waals surface area contributed by atoms with Crippen molar-refractivity contribution in [3.05, 3.63) is 35.4 Å². The Morgan fingerprint density at radius 3 is 2.40 bits per heavy atom. The molecule has 0 aliphatic carbocycles. The smallest absolute Gasteiger partial charge is 0.381 e. The van der Waals surface area contributed by atoms with Crippen molar-refractivity contribution in [3.63, 3.8) is 0 Å². The predicted octanol–water partition coefficient (Wildman–Crippen LogP) is 3.28. The zero-order valence-corrected chi connectivity index (χ0v) is 8.64. The van der Waals surface area contributed by atoms with Crippen LogP contribution >= 0.6 is 0 Å². The minimum absolute atomic E-state index is 0.214. The van der Waals surface area contributed by atoms with Crippen LogP contribution in [0, 0.1) is 0 Å². The summed E-state index contributed by atoms with van der Waals surface area (Å²) in [4.78, 5) is 0. The SMILES string of the molecule is COC(C)Cc1ccccc1C(F)(F)F. The molecule has 0 radical (unpaired) electrons. The van der Waals surface area contributed by atoms with Gasteiger partial charge in [0.15, 0.2) is 0 Å². The Kier molecular flexibility index (Phi) is 3.74. The van der Waals surface area contributed by atoms with Gasteiger partial charge in [0.1, 0.15) is 0 Å². The number of methoxy groups -OCH3 is 1. The molecule has 1 aromatic carbocycles. The van der Waals surface area contributed by atoms with Crippen molar-refractivity contribution in [3.8, 4) is 0 Å². The Morgan fingerprint density at radius 2 is 1.87 bits per heavy atom. The molecule has 0 amide bonds. The van der Waals surface area contributed by atoms with E-state index in [1.54, 1.807) is 13.0 Å². The molecule has 0 spiro atoms. The maximum Gasteiger partial charge on any atom is 0.416 e. The van der Waals surface area contributed by atoms with Gasteiger partial charge in [-0.15, -0.1) is 0 Å². The lowest BCUT2D eigenvalue weighted by Gasteiger charge is -2.15. The monoisotopic (exact) mass is 218 g/mol. The molecule has 0 aromatic heterocycles. The van der Waals surface area contributed by atoms with Gasteiger partial charge in [0, 0.05) is 7.11 Å². The molecule has 1 unspecified atom stereocenters. The lowest BCUT2D eigenvalue weighted by molar-refractivity contribution is -0.138. The number of hydrogen-bond donors (Lipinski definition) is 0. The molecule has 0 saturated heterocycles. The minimum Gasteiger partial charge on any atom is -0.381 e. The van der Waals surface area contributed by atoms with E-state index in [9.17, 15) is 13.2 Å². The Balaban J connectivity index is 2.97. The van der Waals surface area contributed by atoms with Crippen LogP contribution in [0.1, 0.15) is 18.1 Å². The van der Waals surface area contributed by atoms with E-state index < -0.39 is 11.7 Å². The third-order valence-electron chi connectivity index (χ3n) is 2.23. The van der Waals surface area contributed by atoms with E-state index in [1.165, 1.54) is 19.2 Å². The first-order valence-corrected chi connectivity index (χ1v) is 4.63. The minimum atomic E-state index is -4.29. The summed E-state index contributed by atoms with van der Waals surface area (Å²) in [7, 11) is 1.49. The zero-order valence-electron chi connectivity index (χ0n) is 8.64. The summed E-state index contributed by atoms with van der Waals surface area (Å²) in [6, 6.07) is 5.58. The van der Waals surface area contributed by atoms with Crippen molar-refractivity contribution >= 4 is 0 Å². The molecular weight excluding hydrogens is 205 g/mol. The number of halogens is 3. The van der Waals surface area contributed by atoms with Crippen molar-refractivity contribution in [1.82, 2.24) is 0 Å². The molecule has 0 heterocycles. The molecule has 4 heteroatoms. The molecule has 15 heavy (non-hydrogen) atoms. The standard InChI is InChI=1S/C11H13F3O/c1-8(15-2)7-9-5-3-4-6-10(9)11(12,13)14/h3-6,8H,7H2,1-2H3. The maximum atomic E-state index is 12.6. The van der Waals surface area contributed by atoms with Gasteiger partial charge in [0.25, 0.3) is 0 Å². The lowest BCUT2D eigenvalue weighted by atomic mass is 10.0. The van der Waals surface area contributed by atoms with Crippen LogP contribution in [0.5, 0.6) is 0 Å². The highest BCUT2D eigenvalue weighted by atomic mass is 19.4. The summed E-state index contributed by atoms with van der Waals surface area (Å²) >= 11 is 0. The highest BCUT2D eigenvalue weighted by Gasteiger charge is 2.32. The summed E-state index contributed by atoms with van der Waals surface area (Å²) < 4.78 is 42.6. The topological polar surface area (TPSA) is 9.23 Å². The van der Waals surface area contributed by atoms with E-state index in [0.29, 0.717) is 0 Å². The van der Waals surface area contributed by atoms with E-state index in [4.69, 9.17) is 4.74 Å². The Morgan fingerprint density at radius 1 is 1.27 bits per heavy atom. The van der Waals surface area contributed by atoms with Gasteiger partial charge in [0.2, 0.25) is 0 Å². The quantitative estimate of drug-likeness (QED) is 0.756. The van der Waals surface area contributed by atoms with Crippen LogP contribution in [0.4, 0.5) is 13.2 Å². The average Bonchev–Trinajstić information content (AvgIpc) is 2.17. The molecule has 1 aromatic rings. The Hall–Kier alpha value is -1.03. The van der Waals surface area contributed by atoms with E-state index in [-0.39, 0.29) is 18.1 Å². The zero-order chi connectivity index (χ0) is 11.5. The summed E-state index contributed by atoms with van der Waals surface area (Å²) in [6.07, 6.45) is -4.23. The van der Waals surface area contributed by atoms with Crippen LogP contribution in [-0.4, -0.2) is 13.2 Å². The van der Waals surface area contributed by atoms with Gasteiger partial charge in [-0.05, 0) is 25.0 Å². The van der Waals surface area contributed by atoms with Crippen molar-refractivity contribution in [2.24, 2.45) is 0 Å². The molecular formula is C11H13F3O. The van der Waals surface area contributed by atoms with E-state index in [1.807, 2.05) is 0 Å². The third kappa shape index (κ3) is 3.23. The Bertz CT molecular complexity index is 320. The van der Waals surface area contributed by atoms with Crippen LogP contribution in [0.15, 0.2) is 24.3 Å². The summed E-state index contributed by atoms with van der Waals surface area (Å²) in [5, 5.41) is 0.